The number of hydrogen-bond acceptors (Lipinski definition) is 2. The van der Waals surface area contributed by atoms with Gasteiger partial charge in [0.1, 0.15) is 0 Å². The minimum Gasteiger partial charge on any atom is -0.478 e. The number of thioether (sulfide) groups is 1. The quantitative estimate of drug-likeness (QED) is 0.796. The monoisotopic (exact) mass is 236 g/mol. The minimum atomic E-state index is -0.915. The van der Waals surface area contributed by atoms with E-state index in [0.717, 1.165) is 17.4 Å². The summed E-state index contributed by atoms with van der Waals surface area (Å²) < 4.78 is 0. The third-order valence-electron chi connectivity index (χ3n) is 1.95. The molecule has 0 amide bonds. The molecule has 1 N–H and O–H groups in total. The minimum absolute atomic E-state index is 0.609. The average Bonchev–Trinajstić information content (AvgIpc) is 2.24. The lowest BCUT2D eigenvalue weighted by molar-refractivity contribution is -0.131. The highest BCUT2D eigenvalue weighted by Gasteiger charge is 1.97. The van der Waals surface area contributed by atoms with Crippen molar-refractivity contribution in [3.63, 3.8) is 0 Å². The van der Waals surface area contributed by atoms with Crippen molar-refractivity contribution in [1.29, 1.82) is 0 Å². The first-order valence-corrected chi connectivity index (χ1v) is 6.24. The van der Waals surface area contributed by atoms with Crippen molar-refractivity contribution in [2.24, 2.45) is 0 Å². The van der Waals surface area contributed by atoms with Crippen LogP contribution >= 0.6 is 11.8 Å². The van der Waals surface area contributed by atoms with E-state index in [0.29, 0.717) is 5.25 Å². The molecular formula is C13H16O2S. The van der Waals surface area contributed by atoms with Crippen LogP contribution < -0.4 is 0 Å². The van der Waals surface area contributed by atoms with Crippen LogP contribution in [0.1, 0.15) is 25.0 Å². The first-order valence-electron chi connectivity index (χ1n) is 5.19. The van der Waals surface area contributed by atoms with Gasteiger partial charge in [0.2, 0.25) is 0 Å². The molecule has 0 aliphatic heterocycles. The van der Waals surface area contributed by atoms with Crippen molar-refractivity contribution in [3.05, 3.63) is 41.5 Å². The van der Waals surface area contributed by atoms with Gasteiger partial charge in [0.25, 0.3) is 0 Å². The summed E-state index contributed by atoms with van der Waals surface area (Å²) >= 11 is 1.88. The van der Waals surface area contributed by atoms with Gasteiger partial charge in [-0.15, -0.1) is 0 Å². The molecule has 0 bridgehead atoms. The summed E-state index contributed by atoms with van der Waals surface area (Å²) in [5.74, 6) is 0.0498. The number of carboxylic acids is 1. The van der Waals surface area contributed by atoms with Crippen molar-refractivity contribution >= 4 is 23.8 Å². The first kappa shape index (κ1) is 12.8. The van der Waals surface area contributed by atoms with E-state index in [1.165, 1.54) is 5.56 Å². The largest absolute Gasteiger partial charge is 0.478 e. The molecule has 2 nitrogen and oxygen atoms in total. The fourth-order valence-electron chi connectivity index (χ4n) is 1.22. The normalized spacial score (nSPS) is 11.2. The summed E-state index contributed by atoms with van der Waals surface area (Å²) in [6, 6.07) is 7.95. The van der Waals surface area contributed by atoms with E-state index in [4.69, 9.17) is 5.11 Å². The van der Waals surface area contributed by atoms with E-state index in [9.17, 15) is 4.79 Å². The van der Waals surface area contributed by atoms with E-state index >= 15 is 0 Å². The molecule has 0 fully saturated rings. The third-order valence-corrected chi connectivity index (χ3v) is 3.12. The van der Waals surface area contributed by atoms with Crippen LogP contribution in [0.3, 0.4) is 0 Å². The zero-order valence-electron chi connectivity index (χ0n) is 9.51. The number of benzene rings is 1. The van der Waals surface area contributed by atoms with Crippen molar-refractivity contribution in [3.8, 4) is 0 Å². The van der Waals surface area contributed by atoms with Crippen LogP contribution in [0.2, 0.25) is 0 Å². The Bertz CT molecular complexity index is 383. The number of carbonyl (C=O) groups is 1. The molecule has 0 saturated heterocycles. The highest BCUT2D eigenvalue weighted by atomic mass is 32.2. The van der Waals surface area contributed by atoms with Gasteiger partial charge >= 0.3 is 5.97 Å². The van der Waals surface area contributed by atoms with E-state index in [-0.39, 0.29) is 0 Å². The molecule has 0 aromatic heterocycles. The second-order valence-electron chi connectivity index (χ2n) is 3.78. The Morgan fingerprint density at radius 2 is 2.25 bits per heavy atom. The zero-order valence-corrected chi connectivity index (χ0v) is 10.3. The van der Waals surface area contributed by atoms with Gasteiger partial charge in [-0.25, -0.2) is 4.79 Å². The Morgan fingerprint density at radius 3 is 2.88 bits per heavy atom. The van der Waals surface area contributed by atoms with E-state index in [1.54, 1.807) is 6.08 Å². The Balaban J connectivity index is 2.67. The maximum Gasteiger partial charge on any atom is 0.328 e. The molecule has 3 heteroatoms. The van der Waals surface area contributed by atoms with Gasteiger partial charge in [-0.3, -0.25) is 0 Å². The van der Waals surface area contributed by atoms with Crippen LogP contribution in [0.5, 0.6) is 0 Å². The molecule has 1 rings (SSSR count). The fourth-order valence-corrected chi connectivity index (χ4v) is 1.92. The molecule has 0 atom stereocenters. The standard InChI is InChI=1S/C13H16O2S/c1-10(2)16-9-12-5-3-4-11(8-12)6-7-13(14)15/h3-8,10H,9H2,1-2H3,(H,14,15). The van der Waals surface area contributed by atoms with Gasteiger partial charge in [0.15, 0.2) is 0 Å². The summed E-state index contributed by atoms with van der Waals surface area (Å²) in [6.07, 6.45) is 2.78. The molecule has 1 aromatic rings. The molecule has 16 heavy (non-hydrogen) atoms. The smallest absolute Gasteiger partial charge is 0.328 e. The maximum absolute atomic E-state index is 10.4. The molecule has 0 radical (unpaired) electrons. The number of aliphatic carboxylic acids is 1. The number of hydrogen-bond donors (Lipinski definition) is 1. The average molecular weight is 236 g/mol. The topological polar surface area (TPSA) is 37.3 Å². The van der Waals surface area contributed by atoms with E-state index < -0.39 is 5.97 Å². The van der Waals surface area contributed by atoms with Crippen LogP contribution in [-0.4, -0.2) is 16.3 Å². The Morgan fingerprint density at radius 1 is 1.50 bits per heavy atom. The maximum atomic E-state index is 10.4. The van der Waals surface area contributed by atoms with Gasteiger partial charge in [0.05, 0.1) is 0 Å². The second kappa shape index (κ2) is 6.38. The molecule has 0 unspecified atom stereocenters. The number of carboxylic acid groups (broad SMARTS) is 1. The molecule has 0 aliphatic rings. The third kappa shape index (κ3) is 5.03. The molecule has 1 aromatic carbocycles. The van der Waals surface area contributed by atoms with Crippen LogP contribution in [-0.2, 0) is 10.5 Å². The summed E-state index contributed by atoms with van der Waals surface area (Å²) in [6.45, 7) is 4.33. The second-order valence-corrected chi connectivity index (χ2v) is 5.34. The lowest BCUT2D eigenvalue weighted by Gasteiger charge is -2.05. The zero-order chi connectivity index (χ0) is 12.0. The lowest BCUT2D eigenvalue weighted by atomic mass is 10.1. The van der Waals surface area contributed by atoms with Gasteiger partial charge in [0, 0.05) is 11.8 Å². The predicted octanol–water partition coefficient (Wildman–Crippen LogP) is 3.43. The Labute approximate surface area is 100 Å². The Hall–Kier alpha value is -1.22. The van der Waals surface area contributed by atoms with E-state index in [2.05, 4.69) is 19.9 Å². The predicted molar refractivity (Wildman–Crippen MR) is 69.5 cm³/mol. The van der Waals surface area contributed by atoms with Crippen molar-refractivity contribution in [2.45, 2.75) is 24.9 Å². The van der Waals surface area contributed by atoms with Crippen molar-refractivity contribution in [1.82, 2.24) is 0 Å². The number of rotatable bonds is 5. The Kier molecular flexibility index (Phi) is 5.12. The highest BCUT2D eigenvalue weighted by molar-refractivity contribution is 7.99. The van der Waals surface area contributed by atoms with Crippen molar-refractivity contribution in [2.75, 3.05) is 0 Å². The fraction of sp³-hybridized carbons (Fsp3) is 0.308. The van der Waals surface area contributed by atoms with Gasteiger partial charge < -0.3 is 5.11 Å². The molecule has 0 saturated carbocycles. The molecule has 0 spiro atoms. The van der Waals surface area contributed by atoms with Crippen molar-refractivity contribution < 1.29 is 9.90 Å². The SMILES string of the molecule is CC(C)SCc1cccc(C=CC(=O)O)c1. The van der Waals surface area contributed by atoms with Gasteiger partial charge in [-0.1, -0.05) is 38.1 Å². The van der Waals surface area contributed by atoms with Crippen LogP contribution in [0.15, 0.2) is 30.3 Å². The van der Waals surface area contributed by atoms with E-state index in [1.807, 2.05) is 30.0 Å². The molecule has 86 valence electrons. The molecule has 0 aliphatic carbocycles. The highest BCUT2D eigenvalue weighted by Crippen LogP contribution is 2.18. The van der Waals surface area contributed by atoms with Crippen LogP contribution in [0.25, 0.3) is 6.08 Å². The van der Waals surface area contributed by atoms with Gasteiger partial charge in [-0.2, -0.15) is 11.8 Å². The van der Waals surface area contributed by atoms with Crippen LogP contribution in [0.4, 0.5) is 0 Å². The lowest BCUT2D eigenvalue weighted by Crippen LogP contribution is -1.90. The molecule has 0 heterocycles. The van der Waals surface area contributed by atoms with Gasteiger partial charge in [-0.05, 0) is 22.5 Å². The first-order chi connectivity index (χ1) is 7.58. The summed E-state index contributed by atoms with van der Waals surface area (Å²) in [4.78, 5) is 10.4. The summed E-state index contributed by atoms with van der Waals surface area (Å²) in [5.41, 5.74) is 2.16. The summed E-state index contributed by atoms with van der Waals surface area (Å²) in [5, 5.41) is 9.14. The molecular weight excluding hydrogens is 220 g/mol. The summed E-state index contributed by atoms with van der Waals surface area (Å²) in [7, 11) is 0. The van der Waals surface area contributed by atoms with Crippen LogP contribution in [0, 0.1) is 0 Å².